The van der Waals surface area contributed by atoms with Crippen molar-refractivity contribution in [3.8, 4) is 0 Å². The molecular formula is C20H24N2O. The molecule has 0 aromatic heterocycles. The van der Waals surface area contributed by atoms with Gasteiger partial charge < -0.3 is 15.8 Å². The Hall–Kier alpha value is -2.13. The van der Waals surface area contributed by atoms with E-state index in [-0.39, 0.29) is 5.41 Å². The van der Waals surface area contributed by atoms with Crippen molar-refractivity contribution in [2.45, 2.75) is 38.7 Å². The van der Waals surface area contributed by atoms with Crippen molar-refractivity contribution in [3.63, 3.8) is 0 Å². The summed E-state index contributed by atoms with van der Waals surface area (Å²) >= 11 is 0. The fourth-order valence-electron chi connectivity index (χ4n) is 3.76. The number of hydrogen-bond acceptors (Lipinski definition) is 3. The maximum atomic E-state index is 10.9. The van der Waals surface area contributed by atoms with Crippen LogP contribution in [0.1, 0.15) is 31.7 Å². The molecule has 2 aliphatic rings. The smallest absolute Gasteiger partial charge is 0.0921 e. The van der Waals surface area contributed by atoms with E-state index in [2.05, 4.69) is 44.0 Å². The second-order valence-corrected chi connectivity index (χ2v) is 6.88. The molecule has 0 bridgehead atoms. The molecular weight excluding hydrogens is 284 g/mol. The van der Waals surface area contributed by atoms with Crippen LogP contribution in [0.4, 0.5) is 5.69 Å². The summed E-state index contributed by atoms with van der Waals surface area (Å²) in [5.74, 6) is 0. The van der Waals surface area contributed by atoms with Crippen LogP contribution in [0.15, 0.2) is 59.8 Å². The molecule has 3 heteroatoms. The van der Waals surface area contributed by atoms with Gasteiger partial charge in [-0.1, -0.05) is 36.3 Å². The molecule has 0 aliphatic heterocycles. The largest absolute Gasteiger partial charge is 0.385 e. The molecule has 1 fully saturated rings. The number of benzene rings is 1. The summed E-state index contributed by atoms with van der Waals surface area (Å²) in [6, 6.07) is 8.23. The lowest BCUT2D eigenvalue weighted by Gasteiger charge is -2.41. The number of aryl methyl sites for hydroxylation is 1. The minimum Gasteiger partial charge on any atom is -0.385 e. The summed E-state index contributed by atoms with van der Waals surface area (Å²) < 4.78 is 0. The summed E-state index contributed by atoms with van der Waals surface area (Å²) in [5.41, 5.74) is 4.10. The van der Waals surface area contributed by atoms with Crippen LogP contribution in [-0.4, -0.2) is 16.9 Å². The summed E-state index contributed by atoms with van der Waals surface area (Å²) in [5, 5.41) is 22.1. The molecule has 0 heterocycles. The fourth-order valence-corrected chi connectivity index (χ4v) is 3.76. The van der Waals surface area contributed by atoms with Crippen molar-refractivity contribution in [1.82, 2.24) is 0 Å². The molecule has 3 nitrogen and oxygen atoms in total. The van der Waals surface area contributed by atoms with Gasteiger partial charge in [0, 0.05) is 23.0 Å². The molecule has 1 aromatic carbocycles. The zero-order valence-electron chi connectivity index (χ0n) is 13.8. The zero-order chi connectivity index (χ0) is 16.7. The third-order valence-corrected chi connectivity index (χ3v) is 5.49. The predicted octanol–water partition coefficient (Wildman–Crippen LogP) is 4.36. The van der Waals surface area contributed by atoms with E-state index in [9.17, 15) is 5.11 Å². The maximum absolute atomic E-state index is 10.9. The van der Waals surface area contributed by atoms with E-state index < -0.39 is 5.60 Å². The van der Waals surface area contributed by atoms with Crippen LogP contribution in [0.3, 0.4) is 0 Å². The predicted molar refractivity (Wildman–Crippen MR) is 95.8 cm³/mol. The Balaban J connectivity index is 1.96. The van der Waals surface area contributed by atoms with Gasteiger partial charge in [-0.05, 0) is 50.0 Å². The number of nitrogens with one attached hydrogen (secondary N) is 2. The third kappa shape index (κ3) is 2.45. The van der Waals surface area contributed by atoms with Gasteiger partial charge in [0.15, 0.2) is 0 Å². The molecule has 1 saturated carbocycles. The van der Waals surface area contributed by atoms with Crippen LogP contribution in [0.5, 0.6) is 0 Å². The normalized spacial score (nSPS) is 29.8. The van der Waals surface area contributed by atoms with E-state index in [0.717, 1.165) is 23.4 Å². The van der Waals surface area contributed by atoms with E-state index in [0.29, 0.717) is 12.8 Å². The average Bonchev–Trinajstić information content (AvgIpc) is 2.81. The van der Waals surface area contributed by atoms with Gasteiger partial charge in [0.1, 0.15) is 0 Å². The van der Waals surface area contributed by atoms with E-state index in [4.69, 9.17) is 5.41 Å². The van der Waals surface area contributed by atoms with Gasteiger partial charge >= 0.3 is 0 Å². The molecule has 120 valence electrons. The summed E-state index contributed by atoms with van der Waals surface area (Å²) in [6.07, 6.45) is 7.40. The standard InChI is InChI=1S/C20H24N2O/c1-4-20(23)10-9-16-11-18(15(13-21)12-19(16,20)3)22-17-7-5-14(2)6-8-17/h4-8,11,13,21-23H,1,9-10,12H2,2-3H3/t19-,20+/m0/s1. The van der Waals surface area contributed by atoms with Crippen molar-refractivity contribution >= 4 is 11.9 Å². The molecule has 0 amide bonds. The van der Waals surface area contributed by atoms with Crippen LogP contribution in [0, 0.1) is 17.7 Å². The van der Waals surface area contributed by atoms with Gasteiger partial charge in [-0.25, -0.2) is 0 Å². The Morgan fingerprint density at radius 1 is 1.30 bits per heavy atom. The second-order valence-electron chi connectivity index (χ2n) is 6.88. The lowest BCUT2D eigenvalue weighted by molar-refractivity contribution is 0.00658. The molecule has 2 atom stereocenters. The van der Waals surface area contributed by atoms with E-state index in [1.54, 1.807) is 6.08 Å². The number of rotatable bonds is 4. The second kappa shape index (κ2) is 5.50. The van der Waals surface area contributed by atoms with Gasteiger partial charge in [0.2, 0.25) is 0 Å². The van der Waals surface area contributed by atoms with Crippen LogP contribution < -0.4 is 5.32 Å². The van der Waals surface area contributed by atoms with E-state index in [1.807, 2.05) is 12.1 Å². The highest BCUT2D eigenvalue weighted by Gasteiger charge is 2.53. The summed E-state index contributed by atoms with van der Waals surface area (Å²) in [7, 11) is 0. The SMILES string of the molecule is C=C[C@@]1(O)CCC2=CC(Nc3ccc(C)cc3)=C(C=N)C[C@@]21C. The number of hydrogen-bond donors (Lipinski definition) is 3. The molecule has 0 saturated heterocycles. The Kier molecular flexibility index (Phi) is 3.77. The Morgan fingerprint density at radius 3 is 2.61 bits per heavy atom. The number of allylic oxidation sites excluding steroid dienone is 2. The van der Waals surface area contributed by atoms with Crippen LogP contribution >= 0.6 is 0 Å². The minimum atomic E-state index is -0.886. The molecule has 23 heavy (non-hydrogen) atoms. The molecule has 3 rings (SSSR count). The third-order valence-electron chi connectivity index (χ3n) is 5.49. The highest BCUT2D eigenvalue weighted by molar-refractivity contribution is 5.81. The highest BCUT2D eigenvalue weighted by atomic mass is 16.3. The Bertz CT molecular complexity index is 714. The van der Waals surface area contributed by atoms with Gasteiger partial charge in [-0.2, -0.15) is 0 Å². The van der Waals surface area contributed by atoms with Gasteiger partial charge in [-0.15, -0.1) is 6.58 Å². The lowest BCUT2D eigenvalue weighted by Crippen LogP contribution is -2.42. The van der Waals surface area contributed by atoms with Crippen molar-refractivity contribution in [2.24, 2.45) is 5.41 Å². The van der Waals surface area contributed by atoms with Crippen molar-refractivity contribution in [3.05, 3.63) is 65.4 Å². The topological polar surface area (TPSA) is 56.1 Å². The first-order valence-corrected chi connectivity index (χ1v) is 8.06. The van der Waals surface area contributed by atoms with Crippen LogP contribution in [0.25, 0.3) is 0 Å². The monoisotopic (exact) mass is 308 g/mol. The summed E-state index contributed by atoms with van der Waals surface area (Å²) in [6.45, 7) is 7.98. The fraction of sp³-hybridized carbons (Fsp3) is 0.350. The first-order chi connectivity index (χ1) is 10.9. The van der Waals surface area contributed by atoms with Crippen LogP contribution in [0.2, 0.25) is 0 Å². The maximum Gasteiger partial charge on any atom is 0.0921 e. The average molecular weight is 308 g/mol. The minimum absolute atomic E-state index is 0.361. The van der Waals surface area contributed by atoms with E-state index >= 15 is 0 Å². The zero-order valence-corrected chi connectivity index (χ0v) is 13.8. The highest BCUT2D eigenvalue weighted by Crippen LogP contribution is 2.56. The number of aliphatic hydroxyl groups is 1. The quantitative estimate of drug-likeness (QED) is 0.572. The van der Waals surface area contributed by atoms with E-state index in [1.165, 1.54) is 17.4 Å². The lowest BCUT2D eigenvalue weighted by atomic mass is 9.67. The Morgan fingerprint density at radius 2 is 2.00 bits per heavy atom. The van der Waals surface area contributed by atoms with Crippen molar-refractivity contribution in [2.75, 3.05) is 5.32 Å². The summed E-state index contributed by atoms with van der Waals surface area (Å²) in [4.78, 5) is 0. The molecule has 0 spiro atoms. The number of fused-ring (bicyclic) bond motifs is 1. The molecule has 1 aromatic rings. The first-order valence-electron chi connectivity index (χ1n) is 8.06. The Labute approximate surface area is 137 Å². The van der Waals surface area contributed by atoms with Crippen molar-refractivity contribution < 1.29 is 5.11 Å². The molecule has 2 aliphatic carbocycles. The molecule has 0 unspecified atom stereocenters. The first kappa shape index (κ1) is 15.8. The molecule has 0 radical (unpaired) electrons. The van der Waals surface area contributed by atoms with Crippen LogP contribution in [-0.2, 0) is 0 Å². The van der Waals surface area contributed by atoms with Gasteiger partial charge in [0.25, 0.3) is 0 Å². The van der Waals surface area contributed by atoms with Gasteiger partial charge in [-0.3, -0.25) is 0 Å². The van der Waals surface area contributed by atoms with Crippen molar-refractivity contribution in [1.29, 1.82) is 5.41 Å². The van der Waals surface area contributed by atoms with Gasteiger partial charge in [0.05, 0.1) is 5.60 Å². The number of anilines is 1. The molecule has 3 N–H and O–H groups in total.